The van der Waals surface area contributed by atoms with Crippen molar-refractivity contribution in [2.75, 3.05) is 13.1 Å². The van der Waals surface area contributed by atoms with Crippen molar-refractivity contribution in [1.29, 1.82) is 0 Å². The molecule has 0 atom stereocenters. The summed E-state index contributed by atoms with van der Waals surface area (Å²) < 4.78 is 1.09. The van der Waals surface area contributed by atoms with Crippen molar-refractivity contribution in [1.82, 2.24) is 15.5 Å². The van der Waals surface area contributed by atoms with Gasteiger partial charge < -0.3 is 5.32 Å². The van der Waals surface area contributed by atoms with Crippen LogP contribution < -0.4 is 5.32 Å². The molecule has 3 nitrogen and oxygen atoms in total. The van der Waals surface area contributed by atoms with Gasteiger partial charge in [0.05, 0.1) is 0 Å². The van der Waals surface area contributed by atoms with E-state index < -0.39 is 0 Å². The van der Waals surface area contributed by atoms with Gasteiger partial charge in [-0.3, -0.25) is 0 Å². The number of halogens is 1. The van der Waals surface area contributed by atoms with E-state index in [4.69, 9.17) is 0 Å². The summed E-state index contributed by atoms with van der Waals surface area (Å²) in [5, 5.41) is 14.0. The SMILES string of the molecule is CCNCCCc1nnc(-c2ccc(C)cc2Br)s1. The molecule has 2 rings (SSSR count). The molecule has 0 aliphatic heterocycles. The third-order valence-electron chi connectivity index (χ3n) is 2.82. The van der Waals surface area contributed by atoms with Gasteiger partial charge in [0.15, 0.2) is 0 Å². The van der Waals surface area contributed by atoms with Crippen molar-refractivity contribution in [3.63, 3.8) is 0 Å². The highest BCUT2D eigenvalue weighted by atomic mass is 79.9. The maximum atomic E-state index is 4.29. The predicted molar refractivity (Wildman–Crippen MR) is 84.6 cm³/mol. The second kappa shape index (κ2) is 7.12. The summed E-state index contributed by atoms with van der Waals surface area (Å²) in [7, 11) is 0. The zero-order valence-electron chi connectivity index (χ0n) is 11.2. The second-order valence-electron chi connectivity index (χ2n) is 4.44. The fourth-order valence-electron chi connectivity index (χ4n) is 1.80. The molecule has 0 saturated carbocycles. The van der Waals surface area contributed by atoms with E-state index in [9.17, 15) is 0 Å². The van der Waals surface area contributed by atoms with E-state index in [1.165, 1.54) is 5.56 Å². The summed E-state index contributed by atoms with van der Waals surface area (Å²) in [6.07, 6.45) is 2.10. The Balaban J connectivity index is 2.04. The van der Waals surface area contributed by atoms with E-state index >= 15 is 0 Å². The first kappa shape index (κ1) is 14.6. The molecule has 5 heteroatoms. The lowest BCUT2D eigenvalue weighted by molar-refractivity contribution is 0.669. The molecule has 0 radical (unpaired) electrons. The monoisotopic (exact) mass is 339 g/mol. The Labute approximate surface area is 126 Å². The molecule has 2 aromatic rings. The molecule has 0 aliphatic rings. The Morgan fingerprint density at radius 1 is 1.32 bits per heavy atom. The largest absolute Gasteiger partial charge is 0.317 e. The van der Waals surface area contributed by atoms with Crippen LogP contribution in [0.3, 0.4) is 0 Å². The van der Waals surface area contributed by atoms with Gasteiger partial charge in [0, 0.05) is 16.5 Å². The van der Waals surface area contributed by atoms with Gasteiger partial charge in [0.2, 0.25) is 0 Å². The van der Waals surface area contributed by atoms with Gasteiger partial charge in [0.1, 0.15) is 10.0 Å². The number of rotatable bonds is 6. The number of hydrogen-bond acceptors (Lipinski definition) is 4. The fraction of sp³-hybridized carbons (Fsp3) is 0.429. The van der Waals surface area contributed by atoms with Crippen molar-refractivity contribution in [2.24, 2.45) is 0 Å². The van der Waals surface area contributed by atoms with Crippen molar-refractivity contribution < 1.29 is 0 Å². The minimum Gasteiger partial charge on any atom is -0.317 e. The third-order valence-corrected chi connectivity index (χ3v) is 4.49. The van der Waals surface area contributed by atoms with Gasteiger partial charge >= 0.3 is 0 Å². The van der Waals surface area contributed by atoms with Crippen LogP contribution in [-0.4, -0.2) is 23.3 Å². The molecule has 0 saturated heterocycles. The molecule has 0 aliphatic carbocycles. The van der Waals surface area contributed by atoms with Crippen LogP contribution >= 0.6 is 27.3 Å². The summed E-state index contributed by atoms with van der Waals surface area (Å²) in [6.45, 7) is 6.27. The van der Waals surface area contributed by atoms with E-state index in [1.807, 2.05) is 0 Å². The van der Waals surface area contributed by atoms with Gasteiger partial charge in [-0.05, 0) is 38.1 Å². The number of aryl methyl sites for hydroxylation is 2. The van der Waals surface area contributed by atoms with Crippen LogP contribution in [0, 0.1) is 6.92 Å². The zero-order chi connectivity index (χ0) is 13.7. The number of benzene rings is 1. The molecule has 19 heavy (non-hydrogen) atoms. The van der Waals surface area contributed by atoms with Crippen LogP contribution in [0.15, 0.2) is 22.7 Å². The normalized spacial score (nSPS) is 10.9. The average Bonchev–Trinajstić information content (AvgIpc) is 2.83. The fourth-order valence-corrected chi connectivity index (χ4v) is 3.53. The maximum Gasteiger partial charge on any atom is 0.148 e. The van der Waals surface area contributed by atoms with Gasteiger partial charge in [-0.1, -0.05) is 46.3 Å². The van der Waals surface area contributed by atoms with Crippen molar-refractivity contribution in [2.45, 2.75) is 26.7 Å². The van der Waals surface area contributed by atoms with Crippen LogP contribution in [0.2, 0.25) is 0 Å². The number of nitrogens with one attached hydrogen (secondary N) is 1. The van der Waals surface area contributed by atoms with E-state index in [2.05, 4.69) is 63.5 Å². The highest BCUT2D eigenvalue weighted by molar-refractivity contribution is 9.10. The van der Waals surface area contributed by atoms with Crippen LogP contribution in [0.25, 0.3) is 10.6 Å². The smallest absolute Gasteiger partial charge is 0.148 e. The summed E-state index contributed by atoms with van der Waals surface area (Å²) in [5.74, 6) is 0. The topological polar surface area (TPSA) is 37.8 Å². The van der Waals surface area contributed by atoms with Crippen LogP contribution in [0.1, 0.15) is 23.9 Å². The minimum atomic E-state index is 0.991. The lowest BCUT2D eigenvalue weighted by Gasteiger charge is -2.00. The lowest BCUT2D eigenvalue weighted by Crippen LogP contribution is -2.14. The van der Waals surface area contributed by atoms with Crippen LogP contribution in [0.5, 0.6) is 0 Å². The summed E-state index contributed by atoms with van der Waals surface area (Å²) >= 11 is 5.28. The Hall–Kier alpha value is -0.780. The number of aromatic nitrogens is 2. The molecule has 0 unspecified atom stereocenters. The van der Waals surface area contributed by atoms with E-state index in [0.29, 0.717) is 0 Å². The van der Waals surface area contributed by atoms with Crippen molar-refractivity contribution in [3.8, 4) is 10.6 Å². The molecule has 0 fully saturated rings. The van der Waals surface area contributed by atoms with Gasteiger partial charge in [0.25, 0.3) is 0 Å². The molecule has 102 valence electrons. The molecule has 0 amide bonds. The van der Waals surface area contributed by atoms with Crippen molar-refractivity contribution >= 4 is 27.3 Å². The highest BCUT2D eigenvalue weighted by Crippen LogP contribution is 2.31. The number of hydrogen-bond donors (Lipinski definition) is 1. The molecular weight excluding hydrogens is 322 g/mol. The van der Waals surface area contributed by atoms with E-state index in [-0.39, 0.29) is 0 Å². The van der Waals surface area contributed by atoms with Crippen LogP contribution in [-0.2, 0) is 6.42 Å². The van der Waals surface area contributed by atoms with Gasteiger partial charge in [-0.15, -0.1) is 10.2 Å². The summed E-state index contributed by atoms with van der Waals surface area (Å²) in [6, 6.07) is 6.32. The average molecular weight is 340 g/mol. The molecule has 1 N–H and O–H groups in total. The summed E-state index contributed by atoms with van der Waals surface area (Å²) in [5.41, 5.74) is 2.37. The first-order chi connectivity index (χ1) is 9.20. The number of nitrogens with zero attached hydrogens (tertiary/aromatic N) is 2. The van der Waals surface area contributed by atoms with E-state index in [1.54, 1.807) is 11.3 Å². The Morgan fingerprint density at radius 3 is 2.89 bits per heavy atom. The standard InChI is InChI=1S/C14H18BrN3S/c1-3-16-8-4-5-13-17-18-14(19-13)11-7-6-10(2)9-12(11)15/h6-7,9,16H,3-5,8H2,1-2H3. The molecule has 1 aromatic carbocycles. The summed E-state index contributed by atoms with van der Waals surface area (Å²) in [4.78, 5) is 0. The lowest BCUT2D eigenvalue weighted by atomic mass is 10.2. The van der Waals surface area contributed by atoms with Gasteiger partial charge in [-0.25, -0.2) is 0 Å². The van der Waals surface area contributed by atoms with Gasteiger partial charge in [-0.2, -0.15) is 0 Å². The minimum absolute atomic E-state index is 0.991. The van der Waals surface area contributed by atoms with Crippen LogP contribution in [0.4, 0.5) is 0 Å². The maximum absolute atomic E-state index is 4.29. The highest BCUT2D eigenvalue weighted by Gasteiger charge is 2.09. The Kier molecular flexibility index (Phi) is 5.48. The second-order valence-corrected chi connectivity index (χ2v) is 6.36. The van der Waals surface area contributed by atoms with E-state index in [0.717, 1.165) is 46.0 Å². The quantitative estimate of drug-likeness (QED) is 0.813. The first-order valence-corrected chi connectivity index (χ1v) is 8.11. The predicted octanol–water partition coefficient (Wildman–Crippen LogP) is 3.82. The Bertz CT molecular complexity index is 539. The third kappa shape index (κ3) is 4.09. The molecule has 0 bridgehead atoms. The molecule has 0 spiro atoms. The molecule has 1 aromatic heterocycles. The first-order valence-electron chi connectivity index (χ1n) is 6.50. The molecular formula is C14H18BrN3S. The molecule has 1 heterocycles. The zero-order valence-corrected chi connectivity index (χ0v) is 13.6. The Morgan fingerprint density at radius 2 is 2.16 bits per heavy atom. The van der Waals surface area contributed by atoms with Crippen molar-refractivity contribution in [3.05, 3.63) is 33.2 Å².